The molecule has 0 spiro atoms. The molecule has 0 saturated carbocycles. The van der Waals surface area contributed by atoms with Crippen LogP contribution in [0, 0.1) is 23.3 Å². The van der Waals surface area contributed by atoms with Crippen LogP contribution in [0.3, 0.4) is 0 Å². The highest BCUT2D eigenvalue weighted by molar-refractivity contribution is 8.23. The third-order valence-corrected chi connectivity index (χ3v) is 5.07. The fourth-order valence-electron chi connectivity index (χ4n) is 2.14. The molecule has 0 unspecified atom stereocenters. The van der Waals surface area contributed by atoms with Gasteiger partial charge < -0.3 is 4.74 Å². The molecule has 0 N–H and O–H groups in total. The van der Waals surface area contributed by atoms with Gasteiger partial charge in [-0.1, -0.05) is 55.2 Å². The molecule has 138 valence electrons. The van der Waals surface area contributed by atoms with E-state index in [4.69, 9.17) is 17.0 Å². The molecule has 0 radical (unpaired) electrons. The summed E-state index contributed by atoms with van der Waals surface area (Å²) in [5, 5.41) is 0. The Morgan fingerprint density at radius 3 is 2.19 bits per heavy atom. The van der Waals surface area contributed by atoms with Crippen LogP contribution < -0.4 is 4.74 Å². The zero-order valence-corrected chi connectivity index (χ0v) is 15.4. The topological polar surface area (TPSA) is 9.23 Å². The predicted molar refractivity (Wildman–Crippen MR) is 102 cm³/mol. The van der Waals surface area contributed by atoms with Gasteiger partial charge in [-0.05, 0) is 24.2 Å². The highest BCUT2D eigenvalue weighted by Crippen LogP contribution is 2.30. The summed E-state index contributed by atoms with van der Waals surface area (Å²) in [7, 11) is 0. The first-order valence-electron chi connectivity index (χ1n) is 7.80. The molecule has 0 aliphatic carbocycles. The lowest BCUT2D eigenvalue weighted by Crippen LogP contribution is -2.07. The molecule has 0 aliphatic rings. The Balaban J connectivity index is 1.82. The molecule has 0 bridgehead atoms. The van der Waals surface area contributed by atoms with Crippen molar-refractivity contribution >= 4 is 34.3 Å². The van der Waals surface area contributed by atoms with Crippen molar-refractivity contribution in [1.29, 1.82) is 0 Å². The maximum absolute atomic E-state index is 13.8. The standard InChI is InChI=1S/C19H16F4OS2/c1-2-13-14(20)16(22)18(17(23)15(13)21)24-10-6-7-11-26-19(25)12-8-4-3-5-9-12/h2-5,8-9H,1,6-7,10-11H2. The van der Waals surface area contributed by atoms with Crippen LogP contribution in [0.25, 0.3) is 6.08 Å². The van der Waals surface area contributed by atoms with Crippen LogP contribution in [0.15, 0.2) is 36.9 Å². The zero-order chi connectivity index (χ0) is 19.1. The highest BCUT2D eigenvalue weighted by Gasteiger charge is 2.25. The maximum atomic E-state index is 13.8. The van der Waals surface area contributed by atoms with Gasteiger partial charge >= 0.3 is 0 Å². The molecule has 0 fully saturated rings. The maximum Gasteiger partial charge on any atom is 0.204 e. The summed E-state index contributed by atoms with van der Waals surface area (Å²) in [5.74, 6) is -6.49. The number of thiocarbonyl (C=S) groups is 1. The van der Waals surface area contributed by atoms with Crippen molar-refractivity contribution in [1.82, 2.24) is 0 Å². The second kappa shape index (κ2) is 9.73. The van der Waals surface area contributed by atoms with E-state index in [0.29, 0.717) is 24.7 Å². The second-order valence-corrected chi connectivity index (χ2v) is 7.03. The third-order valence-electron chi connectivity index (χ3n) is 3.49. The summed E-state index contributed by atoms with van der Waals surface area (Å²) in [6, 6.07) is 9.53. The summed E-state index contributed by atoms with van der Waals surface area (Å²) in [6.45, 7) is 3.06. The van der Waals surface area contributed by atoms with Crippen molar-refractivity contribution < 1.29 is 22.3 Å². The predicted octanol–water partition coefficient (Wildman–Crippen LogP) is 6.15. The summed E-state index contributed by atoms with van der Waals surface area (Å²) in [4.78, 5) is 0. The van der Waals surface area contributed by atoms with Crippen LogP contribution in [-0.2, 0) is 0 Å². The number of thioether (sulfide) groups is 1. The monoisotopic (exact) mass is 400 g/mol. The van der Waals surface area contributed by atoms with Crippen LogP contribution >= 0.6 is 24.0 Å². The first-order chi connectivity index (χ1) is 12.5. The SMILES string of the molecule is C=Cc1c(F)c(F)c(OCCCCSC(=S)c2ccccc2)c(F)c1F. The molecule has 0 aliphatic heterocycles. The number of benzene rings is 2. The second-order valence-electron chi connectivity index (χ2n) is 5.26. The van der Waals surface area contributed by atoms with E-state index in [1.807, 2.05) is 30.3 Å². The quantitative estimate of drug-likeness (QED) is 0.228. The van der Waals surface area contributed by atoms with Gasteiger partial charge in [0.2, 0.25) is 11.6 Å². The Morgan fingerprint density at radius 1 is 1.00 bits per heavy atom. The first-order valence-corrected chi connectivity index (χ1v) is 9.20. The summed E-state index contributed by atoms with van der Waals surface area (Å²) in [5.41, 5.74) is 0.110. The minimum Gasteiger partial charge on any atom is -0.487 e. The number of rotatable bonds is 8. The Labute approximate surface area is 159 Å². The molecular formula is C19H16F4OS2. The van der Waals surface area contributed by atoms with Gasteiger partial charge in [0.25, 0.3) is 0 Å². The molecule has 0 atom stereocenters. The molecule has 2 aromatic carbocycles. The van der Waals surface area contributed by atoms with Crippen molar-refractivity contribution in [2.75, 3.05) is 12.4 Å². The number of ether oxygens (including phenoxy) is 1. The minimum atomic E-state index is -1.56. The van der Waals surface area contributed by atoms with Gasteiger partial charge in [-0.25, -0.2) is 8.78 Å². The van der Waals surface area contributed by atoms with E-state index in [2.05, 4.69) is 6.58 Å². The molecule has 1 nitrogen and oxygen atoms in total. The Bertz CT molecular complexity index is 765. The van der Waals surface area contributed by atoms with E-state index in [1.54, 1.807) is 0 Å². The minimum absolute atomic E-state index is 0.0706. The van der Waals surface area contributed by atoms with E-state index in [9.17, 15) is 17.6 Å². The number of hydrogen-bond acceptors (Lipinski definition) is 3. The van der Waals surface area contributed by atoms with Crippen molar-refractivity contribution in [3.05, 3.63) is 71.3 Å². The smallest absolute Gasteiger partial charge is 0.204 e. The fourth-order valence-corrected chi connectivity index (χ4v) is 3.36. The lowest BCUT2D eigenvalue weighted by atomic mass is 10.1. The Morgan fingerprint density at radius 2 is 1.62 bits per heavy atom. The molecule has 0 heterocycles. The lowest BCUT2D eigenvalue weighted by molar-refractivity contribution is 0.266. The molecule has 0 amide bonds. The van der Waals surface area contributed by atoms with Crippen molar-refractivity contribution in [3.63, 3.8) is 0 Å². The largest absolute Gasteiger partial charge is 0.487 e. The van der Waals surface area contributed by atoms with Gasteiger partial charge in [0.1, 0.15) is 0 Å². The van der Waals surface area contributed by atoms with Crippen molar-refractivity contribution in [2.45, 2.75) is 12.8 Å². The number of unbranched alkanes of at least 4 members (excludes halogenated alkanes) is 1. The Hall–Kier alpha value is -1.86. The van der Waals surface area contributed by atoms with Crippen LogP contribution in [0.1, 0.15) is 24.0 Å². The van der Waals surface area contributed by atoms with E-state index < -0.39 is 34.6 Å². The molecule has 0 saturated heterocycles. The van der Waals surface area contributed by atoms with Crippen LogP contribution in [0.5, 0.6) is 5.75 Å². The normalized spacial score (nSPS) is 10.6. The van der Waals surface area contributed by atoms with Crippen molar-refractivity contribution in [3.8, 4) is 5.75 Å². The first kappa shape index (κ1) is 20.5. The highest BCUT2D eigenvalue weighted by atomic mass is 32.2. The molecule has 0 aromatic heterocycles. The average Bonchev–Trinajstić information content (AvgIpc) is 2.66. The van der Waals surface area contributed by atoms with Gasteiger partial charge in [-0.2, -0.15) is 8.78 Å². The molecular weight excluding hydrogens is 384 g/mol. The summed E-state index contributed by atoms with van der Waals surface area (Å²) in [6.07, 6.45) is 1.83. The van der Waals surface area contributed by atoms with Gasteiger partial charge in [0.05, 0.1) is 16.4 Å². The summed E-state index contributed by atoms with van der Waals surface area (Å²) >= 11 is 6.79. The molecule has 26 heavy (non-hydrogen) atoms. The van der Waals surface area contributed by atoms with Crippen LogP contribution in [0.4, 0.5) is 17.6 Å². The average molecular weight is 400 g/mol. The number of hydrogen-bond donors (Lipinski definition) is 0. The van der Waals surface area contributed by atoms with Gasteiger partial charge in [0.15, 0.2) is 17.4 Å². The van der Waals surface area contributed by atoms with Gasteiger partial charge in [-0.3, -0.25) is 0 Å². The van der Waals surface area contributed by atoms with Crippen molar-refractivity contribution in [2.24, 2.45) is 0 Å². The van der Waals surface area contributed by atoms with E-state index in [1.165, 1.54) is 11.8 Å². The van der Waals surface area contributed by atoms with Crippen LogP contribution in [0.2, 0.25) is 0 Å². The van der Waals surface area contributed by atoms with E-state index in [0.717, 1.165) is 9.76 Å². The van der Waals surface area contributed by atoms with Gasteiger partial charge in [0, 0.05) is 0 Å². The molecule has 2 aromatic rings. The third kappa shape index (κ3) is 4.86. The van der Waals surface area contributed by atoms with E-state index in [-0.39, 0.29) is 6.61 Å². The Kier molecular flexibility index (Phi) is 7.66. The molecule has 7 heteroatoms. The fraction of sp³-hybridized carbons (Fsp3) is 0.211. The van der Waals surface area contributed by atoms with Gasteiger partial charge in [-0.15, -0.1) is 11.8 Å². The zero-order valence-electron chi connectivity index (χ0n) is 13.7. The lowest BCUT2D eigenvalue weighted by Gasteiger charge is -2.11. The van der Waals surface area contributed by atoms with Crippen LogP contribution in [-0.4, -0.2) is 16.6 Å². The number of halogens is 4. The summed E-state index contributed by atoms with van der Waals surface area (Å²) < 4.78 is 60.5. The van der Waals surface area contributed by atoms with E-state index >= 15 is 0 Å². The molecule has 2 rings (SSSR count).